The number of aromatic amines is 1. The van der Waals surface area contributed by atoms with E-state index in [0.29, 0.717) is 10.8 Å². The van der Waals surface area contributed by atoms with E-state index in [0.717, 1.165) is 16.9 Å². The van der Waals surface area contributed by atoms with Crippen LogP contribution in [-0.4, -0.2) is 9.97 Å². The van der Waals surface area contributed by atoms with Crippen LogP contribution in [0, 0.1) is 13.8 Å². The van der Waals surface area contributed by atoms with Crippen LogP contribution in [0.15, 0.2) is 36.4 Å². The van der Waals surface area contributed by atoms with Crippen LogP contribution >= 0.6 is 11.6 Å². The number of fused-ring (bicyclic) bond motifs is 1. The molecule has 0 aliphatic rings. The van der Waals surface area contributed by atoms with Crippen LogP contribution in [-0.2, 0) is 0 Å². The molecular formula is C17H17ClN2O. The van der Waals surface area contributed by atoms with Gasteiger partial charge in [0.05, 0.1) is 16.1 Å². The minimum Gasteiger partial charge on any atom is -0.481 e. The molecule has 3 rings (SSSR count). The molecule has 0 radical (unpaired) electrons. The number of hydrogen-bond acceptors (Lipinski definition) is 2. The van der Waals surface area contributed by atoms with E-state index in [4.69, 9.17) is 16.3 Å². The van der Waals surface area contributed by atoms with Gasteiger partial charge in [0.2, 0.25) is 0 Å². The SMILES string of the molecule is Cc1cc2nc([C@H](C)Oc3ccccc3Cl)[nH]c2cc1C. The van der Waals surface area contributed by atoms with Gasteiger partial charge in [-0.2, -0.15) is 0 Å². The van der Waals surface area contributed by atoms with Crippen molar-refractivity contribution in [2.45, 2.75) is 26.9 Å². The van der Waals surface area contributed by atoms with Crippen molar-refractivity contribution in [1.29, 1.82) is 0 Å². The van der Waals surface area contributed by atoms with Crippen LogP contribution in [0.2, 0.25) is 5.02 Å². The molecule has 0 saturated heterocycles. The summed E-state index contributed by atoms with van der Waals surface area (Å²) in [5.41, 5.74) is 4.48. The molecule has 0 bridgehead atoms. The highest BCUT2D eigenvalue weighted by Gasteiger charge is 2.14. The first-order valence-electron chi connectivity index (χ1n) is 6.92. The van der Waals surface area contributed by atoms with Crippen LogP contribution in [0.5, 0.6) is 5.75 Å². The highest BCUT2D eigenvalue weighted by atomic mass is 35.5. The number of ether oxygens (including phenoxy) is 1. The van der Waals surface area contributed by atoms with Gasteiger partial charge in [-0.1, -0.05) is 23.7 Å². The third-order valence-corrected chi connectivity index (χ3v) is 3.95. The Labute approximate surface area is 128 Å². The normalized spacial score (nSPS) is 12.6. The Hall–Kier alpha value is -2.00. The molecule has 108 valence electrons. The molecular weight excluding hydrogens is 284 g/mol. The van der Waals surface area contributed by atoms with E-state index in [-0.39, 0.29) is 6.10 Å². The fraction of sp³-hybridized carbons (Fsp3) is 0.235. The average Bonchev–Trinajstić information content (AvgIpc) is 2.85. The largest absolute Gasteiger partial charge is 0.481 e. The molecule has 0 aliphatic carbocycles. The Morgan fingerprint density at radius 3 is 2.62 bits per heavy atom. The summed E-state index contributed by atoms with van der Waals surface area (Å²) < 4.78 is 5.90. The van der Waals surface area contributed by atoms with E-state index in [1.165, 1.54) is 11.1 Å². The first kappa shape index (κ1) is 14.0. The highest BCUT2D eigenvalue weighted by Crippen LogP contribution is 2.28. The number of halogens is 1. The number of aromatic nitrogens is 2. The first-order chi connectivity index (χ1) is 10.0. The second kappa shape index (κ2) is 5.41. The lowest BCUT2D eigenvalue weighted by Crippen LogP contribution is -2.05. The van der Waals surface area contributed by atoms with Crippen molar-refractivity contribution < 1.29 is 4.74 Å². The minimum atomic E-state index is -0.196. The molecule has 3 nitrogen and oxygen atoms in total. The Balaban J connectivity index is 1.91. The molecule has 0 aliphatic heterocycles. The summed E-state index contributed by atoms with van der Waals surface area (Å²) in [4.78, 5) is 7.94. The predicted molar refractivity (Wildman–Crippen MR) is 86.1 cm³/mol. The third kappa shape index (κ3) is 2.74. The van der Waals surface area contributed by atoms with E-state index in [9.17, 15) is 0 Å². The van der Waals surface area contributed by atoms with Crippen molar-refractivity contribution in [2.75, 3.05) is 0 Å². The molecule has 3 aromatic rings. The van der Waals surface area contributed by atoms with Gasteiger partial charge in [-0.15, -0.1) is 0 Å². The molecule has 0 fully saturated rings. The number of aryl methyl sites for hydroxylation is 2. The van der Waals surface area contributed by atoms with E-state index in [1.54, 1.807) is 0 Å². The monoisotopic (exact) mass is 300 g/mol. The van der Waals surface area contributed by atoms with Gasteiger partial charge in [0.1, 0.15) is 11.6 Å². The molecule has 0 unspecified atom stereocenters. The van der Waals surface area contributed by atoms with Gasteiger partial charge in [-0.25, -0.2) is 4.98 Å². The lowest BCUT2D eigenvalue weighted by molar-refractivity contribution is 0.218. The van der Waals surface area contributed by atoms with Crippen LogP contribution in [0.3, 0.4) is 0 Å². The number of rotatable bonds is 3. The van der Waals surface area contributed by atoms with Gasteiger partial charge in [-0.3, -0.25) is 0 Å². The number of benzene rings is 2. The molecule has 1 atom stereocenters. The Morgan fingerprint density at radius 1 is 1.14 bits per heavy atom. The van der Waals surface area contributed by atoms with Crippen LogP contribution in [0.1, 0.15) is 30.0 Å². The molecule has 2 aromatic carbocycles. The standard InChI is InChI=1S/C17H17ClN2O/c1-10-8-14-15(9-11(10)2)20-17(19-14)12(3)21-16-7-5-4-6-13(16)18/h4-9,12H,1-3H3,(H,19,20)/t12-/m0/s1. The zero-order valence-corrected chi connectivity index (χ0v) is 13.0. The highest BCUT2D eigenvalue weighted by molar-refractivity contribution is 6.32. The fourth-order valence-corrected chi connectivity index (χ4v) is 2.45. The van der Waals surface area contributed by atoms with Crippen LogP contribution in [0.25, 0.3) is 11.0 Å². The minimum absolute atomic E-state index is 0.196. The van der Waals surface area contributed by atoms with Gasteiger partial charge in [0.15, 0.2) is 6.10 Å². The maximum atomic E-state index is 6.12. The van der Waals surface area contributed by atoms with Gasteiger partial charge in [-0.05, 0) is 56.2 Å². The van der Waals surface area contributed by atoms with Crippen molar-refractivity contribution in [1.82, 2.24) is 9.97 Å². The molecule has 1 aromatic heterocycles. The molecule has 1 N–H and O–H groups in total. The molecule has 0 amide bonds. The van der Waals surface area contributed by atoms with Crippen molar-refractivity contribution in [3.8, 4) is 5.75 Å². The van der Waals surface area contributed by atoms with Crippen molar-refractivity contribution >= 4 is 22.6 Å². The molecule has 4 heteroatoms. The zero-order valence-electron chi connectivity index (χ0n) is 12.3. The fourth-order valence-electron chi connectivity index (χ4n) is 2.27. The summed E-state index contributed by atoms with van der Waals surface area (Å²) in [5, 5.41) is 0.604. The van der Waals surface area contributed by atoms with Crippen LogP contribution in [0.4, 0.5) is 0 Å². The Bertz CT molecular complexity index is 756. The second-order valence-corrected chi connectivity index (χ2v) is 5.67. The van der Waals surface area contributed by atoms with Crippen molar-refractivity contribution in [2.24, 2.45) is 0 Å². The van der Waals surface area contributed by atoms with Crippen molar-refractivity contribution in [3.05, 3.63) is 58.4 Å². The number of nitrogens with one attached hydrogen (secondary N) is 1. The maximum absolute atomic E-state index is 6.12. The second-order valence-electron chi connectivity index (χ2n) is 5.27. The van der Waals surface area contributed by atoms with E-state index >= 15 is 0 Å². The number of nitrogens with zero attached hydrogens (tertiary/aromatic N) is 1. The van der Waals surface area contributed by atoms with E-state index in [2.05, 4.69) is 35.9 Å². The molecule has 0 spiro atoms. The lowest BCUT2D eigenvalue weighted by atomic mass is 10.1. The van der Waals surface area contributed by atoms with Gasteiger partial charge in [0, 0.05) is 0 Å². The predicted octanol–water partition coefficient (Wildman–Crippen LogP) is 4.97. The summed E-state index contributed by atoms with van der Waals surface area (Å²) in [6.45, 7) is 6.15. The Morgan fingerprint density at radius 2 is 1.86 bits per heavy atom. The number of H-pyrrole nitrogens is 1. The smallest absolute Gasteiger partial charge is 0.153 e. The number of para-hydroxylation sites is 1. The molecule has 1 heterocycles. The van der Waals surface area contributed by atoms with Gasteiger partial charge in [0.25, 0.3) is 0 Å². The Kier molecular flexibility index (Phi) is 3.60. The first-order valence-corrected chi connectivity index (χ1v) is 7.30. The topological polar surface area (TPSA) is 37.9 Å². The lowest BCUT2D eigenvalue weighted by Gasteiger charge is -2.13. The summed E-state index contributed by atoms with van der Waals surface area (Å²) in [6, 6.07) is 11.7. The van der Waals surface area contributed by atoms with E-state index in [1.807, 2.05) is 31.2 Å². The summed E-state index contributed by atoms with van der Waals surface area (Å²) in [6.07, 6.45) is -0.196. The van der Waals surface area contributed by atoms with Crippen LogP contribution < -0.4 is 4.74 Å². The molecule has 0 saturated carbocycles. The van der Waals surface area contributed by atoms with Crippen molar-refractivity contribution in [3.63, 3.8) is 0 Å². The summed E-state index contributed by atoms with van der Waals surface area (Å²) >= 11 is 6.12. The summed E-state index contributed by atoms with van der Waals surface area (Å²) in [7, 11) is 0. The molecule has 21 heavy (non-hydrogen) atoms. The third-order valence-electron chi connectivity index (χ3n) is 3.64. The van der Waals surface area contributed by atoms with Gasteiger partial charge >= 0.3 is 0 Å². The number of hydrogen-bond donors (Lipinski definition) is 1. The maximum Gasteiger partial charge on any atom is 0.153 e. The van der Waals surface area contributed by atoms with Gasteiger partial charge < -0.3 is 9.72 Å². The quantitative estimate of drug-likeness (QED) is 0.741. The zero-order chi connectivity index (χ0) is 15.0. The number of imidazole rings is 1. The summed E-state index contributed by atoms with van der Waals surface area (Å²) in [5.74, 6) is 1.47. The van der Waals surface area contributed by atoms with E-state index < -0.39 is 0 Å². The average molecular weight is 301 g/mol.